The highest BCUT2D eigenvalue weighted by atomic mass is 35.5. The molecular weight excluding hydrogens is 374 g/mol. The minimum absolute atomic E-state index is 0.153. The number of halogens is 1. The van der Waals surface area contributed by atoms with Gasteiger partial charge in [-0.2, -0.15) is 0 Å². The van der Waals surface area contributed by atoms with Gasteiger partial charge in [0.05, 0.1) is 24.7 Å². The van der Waals surface area contributed by atoms with Crippen LogP contribution in [0.2, 0.25) is 5.02 Å². The van der Waals surface area contributed by atoms with E-state index in [-0.39, 0.29) is 24.9 Å². The van der Waals surface area contributed by atoms with Gasteiger partial charge in [0.1, 0.15) is 0 Å². The van der Waals surface area contributed by atoms with Crippen LogP contribution in [0, 0.1) is 0 Å². The van der Waals surface area contributed by atoms with Gasteiger partial charge in [-0.05, 0) is 54.5 Å². The van der Waals surface area contributed by atoms with Crippen molar-refractivity contribution in [2.24, 2.45) is 0 Å². The zero-order chi connectivity index (χ0) is 20.9. The predicted octanol–water partition coefficient (Wildman–Crippen LogP) is 3.95. The third-order valence-corrected chi connectivity index (χ3v) is 5.21. The molecule has 2 rings (SSSR count). The lowest BCUT2D eigenvalue weighted by molar-refractivity contribution is -0.121. The quantitative estimate of drug-likeness (QED) is 0.625. The summed E-state index contributed by atoms with van der Waals surface area (Å²) in [6.45, 7) is 7.50. The first-order valence-corrected chi connectivity index (χ1v) is 9.99. The van der Waals surface area contributed by atoms with Crippen molar-refractivity contribution in [3.63, 3.8) is 0 Å². The van der Waals surface area contributed by atoms with E-state index < -0.39 is 11.6 Å². The number of aliphatic hydroxyl groups is 2. The van der Waals surface area contributed by atoms with Crippen molar-refractivity contribution >= 4 is 17.5 Å². The van der Waals surface area contributed by atoms with Crippen LogP contribution in [0.15, 0.2) is 42.5 Å². The average Bonchev–Trinajstić information content (AvgIpc) is 2.62. The summed E-state index contributed by atoms with van der Waals surface area (Å²) in [5.41, 5.74) is 2.64. The maximum atomic E-state index is 12.5. The molecule has 0 bridgehead atoms. The lowest BCUT2D eigenvalue weighted by Crippen LogP contribution is -2.40. The Balaban J connectivity index is 2.22. The number of benzene rings is 2. The molecule has 152 valence electrons. The summed E-state index contributed by atoms with van der Waals surface area (Å²) in [5.74, 6) is 0.0643. The van der Waals surface area contributed by atoms with Gasteiger partial charge in [-0.1, -0.05) is 61.8 Å². The van der Waals surface area contributed by atoms with Crippen LogP contribution < -0.4 is 5.32 Å². The zero-order valence-corrected chi connectivity index (χ0v) is 17.8. The normalized spacial score (nSPS) is 12.9. The van der Waals surface area contributed by atoms with E-state index in [1.165, 1.54) is 0 Å². The lowest BCUT2D eigenvalue weighted by Gasteiger charge is -2.27. The minimum atomic E-state index is -1.01. The molecule has 1 atom stereocenters. The number of rotatable bonds is 8. The van der Waals surface area contributed by atoms with E-state index in [1.54, 1.807) is 19.9 Å². The Morgan fingerprint density at radius 1 is 1.14 bits per heavy atom. The summed E-state index contributed by atoms with van der Waals surface area (Å²) < 4.78 is 0. The number of aliphatic hydroxyl groups excluding tert-OH is 1. The third kappa shape index (κ3) is 5.81. The van der Waals surface area contributed by atoms with Crippen molar-refractivity contribution in [1.29, 1.82) is 0 Å². The Morgan fingerprint density at radius 3 is 2.39 bits per heavy atom. The maximum Gasteiger partial charge on any atom is 0.224 e. The predicted molar refractivity (Wildman–Crippen MR) is 114 cm³/mol. The fourth-order valence-electron chi connectivity index (χ4n) is 3.45. The summed E-state index contributed by atoms with van der Waals surface area (Å²) in [7, 11) is 0. The standard InChI is InChI=1S/C23H30ClNO3/c1-15(2)18-9-7-10-20(23(3,4)28)19(18)13-17(14-26)25-22(27)12-16-8-5-6-11-21(16)24/h5-11,15,17,26,28H,12-14H2,1-4H3,(H,25,27). The van der Waals surface area contributed by atoms with E-state index in [9.17, 15) is 15.0 Å². The van der Waals surface area contributed by atoms with Gasteiger partial charge in [0.25, 0.3) is 0 Å². The van der Waals surface area contributed by atoms with Crippen LogP contribution in [0.1, 0.15) is 55.9 Å². The molecule has 0 spiro atoms. The second-order valence-electron chi connectivity index (χ2n) is 8.01. The third-order valence-electron chi connectivity index (χ3n) is 4.84. The molecular formula is C23H30ClNO3. The van der Waals surface area contributed by atoms with E-state index in [1.807, 2.05) is 36.4 Å². The molecule has 2 aromatic rings. The number of nitrogens with one attached hydrogen (secondary N) is 1. The van der Waals surface area contributed by atoms with Crippen LogP contribution >= 0.6 is 11.6 Å². The van der Waals surface area contributed by atoms with E-state index in [0.29, 0.717) is 11.4 Å². The average molecular weight is 404 g/mol. The van der Waals surface area contributed by atoms with E-state index in [4.69, 9.17) is 11.6 Å². The molecule has 5 heteroatoms. The van der Waals surface area contributed by atoms with Crippen LogP contribution in [0.25, 0.3) is 0 Å². The molecule has 0 saturated heterocycles. The van der Waals surface area contributed by atoms with Gasteiger partial charge >= 0.3 is 0 Å². The summed E-state index contributed by atoms with van der Waals surface area (Å²) in [4.78, 5) is 12.5. The molecule has 0 radical (unpaired) electrons. The molecule has 3 N–H and O–H groups in total. The molecule has 1 amide bonds. The molecule has 0 fully saturated rings. The highest BCUT2D eigenvalue weighted by Crippen LogP contribution is 2.31. The first kappa shape index (κ1) is 22.4. The van der Waals surface area contributed by atoms with Gasteiger partial charge in [-0.15, -0.1) is 0 Å². The monoisotopic (exact) mass is 403 g/mol. The molecule has 0 heterocycles. The molecule has 0 aromatic heterocycles. The summed E-state index contributed by atoms with van der Waals surface area (Å²) in [6, 6.07) is 12.7. The van der Waals surface area contributed by atoms with Crippen LogP contribution in [-0.2, 0) is 23.2 Å². The van der Waals surface area contributed by atoms with Gasteiger partial charge in [-0.25, -0.2) is 0 Å². The molecule has 2 aromatic carbocycles. The summed E-state index contributed by atoms with van der Waals surface area (Å²) in [6.07, 6.45) is 0.596. The largest absolute Gasteiger partial charge is 0.394 e. The highest BCUT2D eigenvalue weighted by molar-refractivity contribution is 6.31. The molecule has 0 saturated carbocycles. The fraction of sp³-hybridized carbons (Fsp3) is 0.435. The van der Waals surface area contributed by atoms with Crippen LogP contribution in [-0.4, -0.2) is 28.8 Å². The minimum Gasteiger partial charge on any atom is -0.394 e. The number of hydrogen-bond donors (Lipinski definition) is 3. The van der Waals surface area contributed by atoms with Gasteiger partial charge in [0.15, 0.2) is 0 Å². The smallest absolute Gasteiger partial charge is 0.224 e. The topological polar surface area (TPSA) is 69.6 Å². The second kappa shape index (κ2) is 9.55. The van der Waals surface area contributed by atoms with Crippen LogP contribution in [0.3, 0.4) is 0 Å². The molecule has 0 aliphatic heterocycles. The molecule has 0 aliphatic rings. The second-order valence-corrected chi connectivity index (χ2v) is 8.41. The lowest BCUT2D eigenvalue weighted by atomic mass is 9.84. The highest BCUT2D eigenvalue weighted by Gasteiger charge is 2.25. The number of amides is 1. The van der Waals surface area contributed by atoms with Gasteiger partial charge in [0.2, 0.25) is 5.91 Å². The number of carbonyl (C=O) groups excluding carboxylic acids is 1. The first-order chi connectivity index (χ1) is 13.1. The Hall–Kier alpha value is -1.88. The van der Waals surface area contributed by atoms with E-state index in [0.717, 1.165) is 22.3 Å². The SMILES string of the molecule is CC(C)c1cccc(C(C)(C)O)c1CC(CO)NC(=O)Cc1ccccc1Cl. The Morgan fingerprint density at radius 2 is 1.82 bits per heavy atom. The fourth-order valence-corrected chi connectivity index (χ4v) is 3.65. The van der Waals surface area contributed by atoms with Crippen molar-refractivity contribution < 1.29 is 15.0 Å². The number of carbonyl (C=O) groups is 1. The Labute approximate surface area is 172 Å². The molecule has 0 aliphatic carbocycles. The summed E-state index contributed by atoms with van der Waals surface area (Å²) in [5, 5.41) is 23.9. The Bertz CT molecular complexity index is 812. The van der Waals surface area contributed by atoms with Gasteiger partial charge < -0.3 is 15.5 Å². The van der Waals surface area contributed by atoms with Crippen molar-refractivity contribution in [2.45, 2.75) is 58.1 Å². The molecule has 4 nitrogen and oxygen atoms in total. The van der Waals surface area contributed by atoms with Crippen molar-refractivity contribution in [3.8, 4) is 0 Å². The van der Waals surface area contributed by atoms with Gasteiger partial charge in [0, 0.05) is 5.02 Å². The first-order valence-electron chi connectivity index (χ1n) is 9.61. The van der Waals surface area contributed by atoms with Crippen LogP contribution in [0.4, 0.5) is 0 Å². The van der Waals surface area contributed by atoms with Crippen molar-refractivity contribution in [1.82, 2.24) is 5.32 Å². The summed E-state index contributed by atoms with van der Waals surface area (Å²) >= 11 is 6.14. The molecule has 28 heavy (non-hydrogen) atoms. The van der Waals surface area contributed by atoms with Crippen molar-refractivity contribution in [2.75, 3.05) is 6.61 Å². The van der Waals surface area contributed by atoms with E-state index in [2.05, 4.69) is 19.2 Å². The maximum absolute atomic E-state index is 12.5. The van der Waals surface area contributed by atoms with E-state index >= 15 is 0 Å². The number of hydrogen-bond acceptors (Lipinski definition) is 3. The van der Waals surface area contributed by atoms with Crippen LogP contribution in [0.5, 0.6) is 0 Å². The zero-order valence-electron chi connectivity index (χ0n) is 17.0. The molecule has 1 unspecified atom stereocenters. The van der Waals surface area contributed by atoms with Gasteiger partial charge in [-0.3, -0.25) is 4.79 Å². The van der Waals surface area contributed by atoms with Crippen molar-refractivity contribution in [3.05, 3.63) is 69.7 Å². The Kier molecular flexibility index (Phi) is 7.64.